The maximum atomic E-state index is 12.7. The fourth-order valence-electron chi connectivity index (χ4n) is 3.64. The minimum Gasteiger partial charge on any atom is -0.483 e. The Balaban J connectivity index is 1.46. The lowest BCUT2D eigenvalue weighted by molar-refractivity contribution is -0.123. The molecule has 0 saturated carbocycles. The Hall–Kier alpha value is -2.38. The van der Waals surface area contributed by atoms with Crippen molar-refractivity contribution in [3.8, 4) is 5.75 Å². The molecule has 0 aromatic heterocycles. The van der Waals surface area contributed by atoms with Crippen LogP contribution in [0, 0.1) is 13.8 Å². The summed E-state index contributed by atoms with van der Waals surface area (Å²) < 4.78 is 32.6. The minimum atomic E-state index is -3.41. The minimum absolute atomic E-state index is 0.0291. The highest BCUT2D eigenvalue weighted by Crippen LogP contribution is 2.22. The monoisotopic (exact) mass is 430 g/mol. The van der Waals surface area contributed by atoms with Gasteiger partial charge in [-0.25, -0.2) is 8.42 Å². The van der Waals surface area contributed by atoms with Crippen LogP contribution in [0.2, 0.25) is 0 Å². The molecule has 0 aliphatic carbocycles. The van der Waals surface area contributed by atoms with E-state index in [4.69, 9.17) is 4.74 Å². The van der Waals surface area contributed by atoms with Gasteiger partial charge >= 0.3 is 0 Å². The second-order valence-corrected chi connectivity index (χ2v) is 9.66. The second kappa shape index (κ2) is 10.1. The largest absolute Gasteiger partial charge is 0.483 e. The van der Waals surface area contributed by atoms with Gasteiger partial charge in [0.05, 0.1) is 4.90 Å². The van der Waals surface area contributed by atoms with Gasteiger partial charge in [-0.15, -0.1) is 0 Å². The number of aryl methyl sites for hydroxylation is 2. The van der Waals surface area contributed by atoms with Crippen LogP contribution >= 0.6 is 0 Å². The van der Waals surface area contributed by atoms with E-state index in [-0.39, 0.29) is 12.5 Å². The van der Waals surface area contributed by atoms with E-state index in [1.807, 2.05) is 44.2 Å². The van der Waals surface area contributed by atoms with Crippen molar-refractivity contribution in [2.24, 2.45) is 0 Å². The maximum Gasteiger partial charge on any atom is 0.257 e. The van der Waals surface area contributed by atoms with Crippen LogP contribution in [-0.4, -0.2) is 44.9 Å². The summed E-state index contributed by atoms with van der Waals surface area (Å²) in [7, 11) is -3.41. The molecule has 1 aliphatic rings. The number of rotatable bonds is 8. The number of carbonyl (C=O) groups excluding carboxylic acids is 1. The van der Waals surface area contributed by atoms with E-state index in [9.17, 15) is 13.2 Å². The molecule has 0 bridgehead atoms. The number of amides is 1. The average molecular weight is 431 g/mol. The lowest BCUT2D eigenvalue weighted by Gasteiger charge is -2.25. The SMILES string of the molecule is Cc1cccc(C)c1OCC(=O)NCCc1ccc(S(=O)(=O)N2CCCCC2)cc1. The number of carbonyl (C=O) groups is 1. The van der Waals surface area contributed by atoms with E-state index in [0.29, 0.717) is 31.0 Å². The Bertz CT molecular complexity index is 945. The van der Waals surface area contributed by atoms with E-state index in [1.54, 1.807) is 16.4 Å². The van der Waals surface area contributed by atoms with Gasteiger partial charge in [0.1, 0.15) is 5.75 Å². The predicted octanol–water partition coefficient (Wildman–Crippen LogP) is 3.22. The molecule has 0 radical (unpaired) electrons. The molecule has 1 aliphatic heterocycles. The molecule has 162 valence electrons. The van der Waals surface area contributed by atoms with Gasteiger partial charge in [-0.1, -0.05) is 36.8 Å². The highest BCUT2D eigenvalue weighted by Gasteiger charge is 2.25. The molecule has 3 rings (SSSR count). The van der Waals surface area contributed by atoms with E-state index >= 15 is 0 Å². The van der Waals surface area contributed by atoms with Crippen molar-refractivity contribution in [2.45, 2.75) is 44.4 Å². The van der Waals surface area contributed by atoms with Crippen molar-refractivity contribution in [3.63, 3.8) is 0 Å². The Labute approximate surface area is 179 Å². The van der Waals surface area contributed by atoms with Crippen LogP contribution in [-0.2, 0) is 21.2 Å². The molecule has 1 N–H and O–H groups in total. The molecule has 1 fully saturated rings. The zero-order valence-corrected chi connectivity index (χ0v) is 18.5. The van der Waals surface area contributed by atoms with Gasteiger partial charge in [0.25, 0.3) is 5.91 Å². The molecule has 7 heteroatoms. The summed E-state index contributed by atoms with van der Waals surface area (Å²) in [5, 5.41) is 2.85. The van der Waals surface area contributed by atoms with Crippen LogP contribution in [0.1, 0.15) is 36.0 Å². The standard InChI is InChI=1S/C23H30N2O4S/c1-18-7-6-8-19(2)23(18)29-17-22(26)24-14-13-20-9-11-21(12-10-20)30(27,28)25-15-4-3-5-16-25/h6-12H,3-5,13-17H2,1-2H3,(H,24,26). The molecule has 1 amide bonds. The van der Waals surface area contributed by atoms with Crippen molar-refractivity contribution < 1.29 is 17.9 Å². The van der Waals surface area contributed by atoms with Crippen molar-refractivity contribution in [1.29, 1.82) is 0 Å². The Kier molecular flexibility index (Phi) is 7.50. The fourth-order valence-corrected chi connectivity index (χ4v) is 5.16. The van der Waals surface area contributed by atoms with Crippen LogP contribution < -0.4 is 10.1 Å². The summed E-state index contributed by atoms with van der Waals surface area (Å²) >= 11 is 0. The highest BCUT2D eigenvalue weighted by atomic mass is 32.2. The third-order valence-corrected chi connectivity index (χ3v) is 7.28. The summed E-state index contributed by atoms with van der Waals surface area (Å²) in [4.78, 5) is 12.4. The topological polar surface area (TPSA) is 75.7 Å². The smallest absolute Gasteiger partial charge is 0.257 e. The number of ether oxygens (including phenoxy) is 1. The van der Waals surface area contributed by atoms with Gasteiger partial charge in [0, 0.05) is 19.6 Å². The summed E-state index contributed by atoms with van der Waals surface area (Å²) in [6.45, 7) is 5.54. The van der Waals surface area contributed by atoms with Gasteiger partial charge < -0.3 is 10.1 Å². The molecule has 30 heavy (non-hydrogen) atoms. The van der Waals surface area contributed by atoms with E-state index in [2.05, 4.69) is 5.32 Å². The van der Waals surface area contributed by atoms with Crippen LogP contribution in [0.15, 0.2) is 47.4 Å². The zero-order chi connectivity index (χ0) is 21.6. The first-order valence-corrected chi connectivity index (χ1v) is 11.9. The molecular weight excluding hydrogens is 400 g/mol. The van der Waals surface area contributed by atoms with E-state index in [1.165, 1.54) is 0 Å². The molecule has 0 atom stereocenters. The van der Waals surface area contributed by atoms with Gasteiger partial charge in [-0.05, 0) is 61.9 Å². The quantitative estimate of drug-likeness (QED) is 0.698. The molecule has 1 heterocycles. The lowest BCUT2D eigenvalue weighted by atomic mass is 10.1. The molecule has 1 saturated heterocycles. The predicted molar refractivity (Wildman–Crippen MR) is 117 cm³/mol. The van der Waals surface area contributed by atoms with Gasteiger partial charge in [-0.2, -0.15) is 4.31 Å². The summed E-state index contributed by atoms with van der Waals surface area (Å²) in [5.74, 6) is 0.570. The van der Waals surface area contributed by atoms with Gasteiger partial charge in [0.15, 0.2) is 6.61 Å². The third kappa shape index (κ3) is 5.61. The van der Waals surface area contributed by atoms with Crippen molar-refractivity contribution in [1.82, 2.24) is 9.62 Å². The van der Waals surface area contributed by atoms with Gasteiger partial charge in [-0.3, -0.25) is 4.79 Å². The summed E-state index contributed by atoms with van der Waals surface area (Å²) in [6.07, 6.45) is 3.56. The Morgan fingerprint density at radius 3 is 2.27 bits per heavy atom. The van der Waals surface area contributed by atoms with E-state index in [0.717, 1.165) is 41.7 Å². The molecule has 0 spiro atoms. The average Bonchev–Trinajstić information content (AvgIpc) is 2.74. The van der Waals surface area contributed by atoms with Crippen LogP contribution in [0.5, 0.6) is 5.75 Å². The first-order chi connectivity index (χ1) is 14.4. The number of nitrogens with zero attached hydrogens (tertiary/aromatic N) is 1. The third-order valence-electron chi connectivity index (χ3n) is 5.37. The van der Waals surface area contributed by atoms with Crippen molar-refractivity contribution >= 4 is 15.9 Å². The van der Waals surface area contributed by atoms with Gasteiger partial charge in [0.2, 0.25) is 10.0 Å². The fraction of sp³-hybridized carbons (Fsp3) is 0.435. The second-order valence-electron chi connectivity index (χ2n) is 7.72. The van der Waals surface area contributed by atoms with Crippen molar-refractivity contribution in [3.05, 3.63) is 59.2 Å². The first kappa shape index (κ1) is 22.3. The normalized spacial score (nSPS) is 15.0. The number of para-hydroxylation sites is 1. The van der Waals surface area contributed by atoms with Crippen molar-refractivity contribution in [2.75, 3.05) is 26.2 Å². The van der Waals surface area contributed by atoms with Crippen LogP contribution in [0.3, 0.4) is 0 Å². The van der Waals surface area contributed by atoms with Crippen LogP contribution in [0.4, 0.5) is 0 Å². The number of hydrogen-bond acceptors (Lipinski definition) is 4. The molecule has 6 nitrogen and oxygen atoms in total. The number of hydrogen-bond donors (Lipinski definition) is 1. The highest BCUT2D eigenvalue weighted by molar-refractivity contribution is 7.89. The van der Waals surface area contributed by atoms with Crippen LogP contribution in [0.25, 0.3) is 0 Å². The number of piperidine rings is 1. The number of sulfonamides is 1. The molecule has 2 aromatic carbocycles. The summed E-state index contributed by atoms with van der Waals surface area (Å²) in [6, 6.07) is 12.8. The molecule has 0 unspecified atom stereocenters. The lowest BCUT2D eigenvalue weighted by Crippen LogP contribution is -2.35. The number of benzene rings is 2. The van der Waals surface area contributed by atoms with E-state index < -0.39 is 10.0 Å². The zero-order valence-electron chi connectivity index (χ0n) is 17.7. The maximum absolute atomic E-state index is 12.7. The molecule has 2 aromatic rings. The first-order valence-electron chi connectivity index (χ1n) is 10.4. The Morgan fingerprint density at radius 2 is 1.63 bits per heavy atom. The Morgan fingerprint density at radius 1 is 1.00 bits per heavy atom. The molecular formula is C23H30N2O4S. The number of nitrogens with one attached hydrogen (secondary N) is 1. The summed E-state index contributed by atoms with van der Waals surface area (Å²) in [5.41, 5.74) is 2.98.